The molecule has 0 atom stereocenters. The summed E-state index contributed by atoms with van der Waals surface area (Å²) in [4.78, 5) is 12.7. The predicted molar refractivity (Wildman–Crippen MR) is 88.4 cm³/mol. The van der Waals surface area contributed by atoms with Crippen LogP contribution in [0.4, 0.5) is 0 Å². The third kappa shape index (κ3) is 4.05. The molecule has 0 saturated carbocycles. The Kier molecular flexibility index (Phi) is 4.74. The fourth-order valence-corrected chi connectivity index (χ4v) is 3.95. The standard InChI is InChI=1S/C15H16N2O5S2/c16-24(19,20)15-6-3-11(23-15)8-17-14(18)5-2-10-1-4-12-13(7-10)22-9-21-12/h1,3-4,6-7H,2,5,8-9H2,(H,17,18)(H2,16,19,20). The zero-order valence-electron chi connectivity index (χ0n) is 12.7. The van der Waals surface area contributed by atoms with E-state index < -0.39 is 10.0 Å². The van der Waals surface area contributed by atoms with Gasteiger partial charge in [-0.05, 0) is 36.2 Å². The van der Waals surface area contributed by atoms with Gasteiger partial charge in [-0.25, -0.2) is 13.6 Å². The molecule has 3 rings (SSSR count). The summed E-state index contributed by atoms with van der Waals surface area (Å²) >= 11 is 1.05. The second-order valence-electron chi connectivity index (χ2n) is 5.23. The molecule has 0 fully saturated rings. The number of aryl methyl sites for hydroxylation is 1. The van der Waals surface area contributed by atoms with E-state index in [1.54, 1.807) is 6.07 Å². The molecule has 2 heterocycles. The second-order valence-corrected chi connectivity index (χ2v) is 8.19. The zero-order valence-corrected chi connectivity index (χ0v) is 14.3. The molecule has 1 aliphatic rings. The van der Waals surface area contributed by atoms with Gasteiger partial charge in [-0.2, -0.15) is 0 Å². The van der Waals surface area contributed by atoms with E-state index in [0.717, 1.165) is 21.8 Å². The molecular weight excluding hydrogens is 352 g/mol. The largest absolute Gasteiger partial charge is 0.454 e. The fourth-order valence-electron chi connectivity index (χ4n) is 2.23. The number of rotatable bonds is 6. The summed E-state index contributed by atoms with van der Waals surface area (Å²) < 4.78 is 33.0. The highest BCUT2D eigenvalue weighted by Crippen LogP contribution is 2.32. The highest BCUT2D eigenvalue weighted by Gasteiger charge is 2.14. The van der Waals surface area contributed by atoms with E-state index in [9.17, 15) is 13.2 Å². The molecule has 0 radical (unpaired) electrons. The average molecular weight is 368 g/mol. The van der Waals surface area contributed by atoms with Crippen molar-refractivity contribution in [2.24, 2.45) is 5.14 Å². The van der Waals surface area contributed by atoms with Gasteiger partial charge < -0.3 is 14.8 Å². The van der Waals surface area contributed by atoms with E-state index in [1.165, 1.54) is 6.07 Å². The number of carbonyl (C=O) groups excluding carboxylic acids is 1. The smallest absolute Gasteiger partial charge is 0.247 e. The Morgan fingerprint density at radius 3 is 2.75 bits per heavy atom. The number of amides is 1. The normalized spacial score (nSPS) is 13.0. The monoisotopic (exact) mass is 368 g/mol. The van der Waals surface area contributed by atoms with Gasteiger partial charge in [-0.3, -0.25) is 4.79 Å². The van der Waals surface area contributed by atoms with E-state index >= 15 is 0 Å². The lowest BCUT2D eigenvalue weighted by molar-refractivity contribution is -0.121. The summed E-state index contributed by atoms with van der Waals surface area (Å²) in [5.74, 6) is 1.30. The molecule has 1 aliphatic heterocycles. The summed E-state index contributed by atoms with van der Waals surface area (Å²) in [7, 11) is -3.69. The van der Waals surface area contributed by atoms with Gasteiger partial charge in [-0.1, -0.05) is 6.07 Å². The SMILES string of the molecule is NS(=O)(=O)c1ccc(CNC(=O)CCc2ccc3c(c2)OCO3)s1. The Labute approximate surface area is 143 Å². The molecule has 2 aromatic rings. The molecule has 0 spiro atoms. The number of nitrogens with one attached hydrogen (secondary N) is 1. The number of hydrogen-bond acceptors (Lipinski definition) is 6. The van der Waals surface area contributed by atoms with Crippen molar-refractivity contribution in [3.63, 3.8) is 0 Å². The lowest BCUT2D eigenvalue weighted by Gasteiger charge is -2.05. The predicted octanol–water partition coefficient (Wildman–Crippen LogP) is 1.37. The Morgan fingerprint density at radius 1 is 1.21 bits per heavy atom. The van der Waals surface area contributed by atoms with Gasteiger partial charge in [0.05, 0.1) is 6.54 Å². The van der Waals surface area contributed by atoms with Gasteiger partial charge in [0, 0.05) is 11.3 Å². The Hall–Kier alpha value is -2.10. The quantitative estimate of drug-likeness (QED) is 0.801. The number of sulfonamides is 1. The first-order valence-corrected chi connectivity index (χ1v) is 9.55. The van der Waals surface area contributed by atoms with Crippen LogP contribution in [0.2, 0.25) is 0 Å². The Balaban J connectivity index is 1.48. The molecular formula is C15H16N2O5S2. The first-order chi connectivity index (χ1) is 11.4. The average Bonchev–Trinajstić information content (AvgIpc) is 3.18. The number of ether oxygens (including phenoxy) is 2. The van der Waals surface area contributed by atoms with Crippen molar-refractivity contribution in [3.05, 3.63) is 40.8 Å². The number of carbonyl (C=O) groups is 1. The van der Waals surface area contributed by atoms with Crippen LogP contribution in [0, 0.1) is 0 Å². The van der Waals surface area contributed by atoms with Gasteiger partial charge in [0.15, 0.2) is 11.5 Å². The molecule has 1 amide bonds. The topological polar surface area (TPSA) is 108 Å². The summed E-state index contributed by atoms with van der Waals surface area (Å²) in [5.41, 5.74) is 0.988. The van der Waals surface area contributed by atoms with Crippen LogP contribution in [-0.4, -0.2) is 21.1 Å². The van der Waals surface area contributed by atoms with Crippen LogP contribution in [0.15, 0.2) is 34.5 Å². The van der Waals surface area contributed by atoms with E-state index in [1.807, 2.05) is 18.2 Å². The van der Waals surface area contributed by atoms with Gasteiger partial charge in [-0.15, -0.1) is 11.3 Å². The molecule has 9 heteroatoms. The number of primary sulfonamides is 1. The van der Waals surface area contributed by atoms with Crippen molar-refractivity contribution in [2.75, 3.05) is 6.79 Å². The van der Waals surface area contributed by atoms with Crippen LogP contribution >= 0.6 is 11.3 Å². The first kappa shape index (κ1) is 16.7. The third-order valence-corrected chi connectivity index (χ3v) is 5.98. The van der Waals surface area contributed by atoms with Crippen LogP contribution in [0.3, 0.4) is 0 Å². The minimum atomic E-state index is -3.69. The molecule has 24 heavy (non-hydrogen) atoms. The lowest BCUT2D eigenvalue weighted by Crippen LogP contribution is -2.22. The molecule has 0 unspecified atom stereocenters. The van der Waals surface area contributed by atoms with Crippen molar-refractivity contribution in [1.29, 1.82) is 0 Å². The van der Waals surface area contributed by atoms with Crippen LogP contribution in [0.5, 0.6) is 11.5 Å². The maximum atomic E-state index is 11.9. The minimum Gasteiger partial charge on any atom is -0.454 e. The number of hydrogen-bond donors (Lipinski definition) is 2. The molecule has 128 valence electrons. The van der Waals surface area contributed by atoms with Gasteiger partial charge >= 0.3 is 0 Å². The molecule has 0 bridgehead atoms. The van der Waals surface area contributed by atoms with E-state index in [0.29, 0.717) is 24.3 Å². The molecule has 3 N–H and O–H groups in total. The Bertz CT molecular complexity index is 860. The van der Waals surface area contributed by atoms with Crippen molar-refractivity contribution < 1.29 is 22.7 Å². The number of nitrogens with two attached hydrogens (primary N) is 1. The molecule has 0 saturated heterocycles. The summed E-state index contributed by atoms with van der Waals surface area (Å²) in [6.07, 6.45) is 0.905. The maximum Gasteiger partial charge on any atom is 0.247 e. The summed E-state index contributed by atoms with van der Waals surface area (Å²) in [6.45, 7) is 0.501. The van der Waals surface area contributed by atoms with E-state index in [4.69, 9.17) is 14.6 Å². The molecule has 1 aromatic carbocycles. The lowest BCUT2D eigenvalue weighted by atomic mass is 10.1. The van der Waals surface area contributed by atoms with Crippen LogP contribution in [0.25, 0.3) is 0 Å². The molecule has 7 nitrogen and oxygen atoms in total. The van der Waals surface area contributed by atoms with Crippen LogP contribution < -0.4 is 19.9 Å². The Morgan fingerprint density at radius 2 is 2.00 bits per heavy atom. The molecule has 1 aromatic heterocycles. The number of benzene rings is 1. The highest BCUT2D eigenvalue weighted by molar-refractivity contribution is 7.91. The summed E-state index contributed by atoms with van der Waals surface area (Å²) in [5, 5.41) is 7.82. The van der Waals surface area contributed by atoms with E-state index in [-0.39, 0.29) is 23.5 Å². The van der Waals surface area contributed by atoms with Crippen molar-refractivity contribution in [3.8, 4) is 11.5 Å². The highest BCUT2D eigenvalue weighted by atomic mass is 32.2. The number of thiophene rings is 1. The van der Waals surface area contributed by atoms with E-state index in [2.05, 4.69) is 5.32 Å². The summed E-state index contributed by atoms with van der Waals surface area (Å²) in [6, 6.07) is 8.68. The second kappa shape index (κ2) is 6.80. The first-order valence-electron chi connectivity index (χ1n) is 7.18. The fraction of sp³-hybridized carbons (Fsp3) is 0.267. The van der Waals surface area contributed by atoms with Crippen molar-refractivity contribution in [2.45, 2.75) is 23.6 Å². The third-order valence-electron chi connectivity index (χ3n) is 3.45. The number of fused-ring (bicyclic) bond motifs is 1. The van der Waals surface area contributed by atoms with Crippen LogP contribution in [0.1, 0.15) is 16.9 Å². The van der Waals surface area contributed by atoms with Gasteiger partial charge in [0.1, 0.15) is 4.21 Å². The molecule has 0 aliphatic carbocycles. The van der Waals surface area contributed by atoms with Gasteiger partial charge in [0.2, 0.25) is 22.7 Å². The zero-order chi connectivity index (χ0) is 17.2. The maximum absolute atomic E-state index is 11.9. The van der Waals surface area contributed by atoms with Crippen molar-refractivity contribution in [1.82, 2.24) is 5.32 Å². The van der Waals surface area contributed by atoms with Gasteiger partial charge in [0.25, 0.3) is 0 Å². The van der Waals surface area contributed by atoms with Crippen LogP contribution in [-0.2, 0) is 27.8 Å². The van der Waals surface area contributed by atoms with Crippen molar-refractivity contribution >= 4 is 27.3 Å². The minimum absolute atomic E-state index is 0.0899.